The summed E-state index contributed by atoms with van der Waals surface area (Å²) in [6, 6.07) is 11.3. The maximum Gasteiger partial charge on any atom is 0.283 e. The number of fused-ring (bicyclic) bond motifs is 1. The molecule has 0 saturated heterocycles. The number of nitro benzene ring substituents is 1. The maximum absolute atomic E-state index is 12.6. The largest absolute Gasteiger partial charge is 0.493 e. The quantitative estimate of drug-likeness (QED) is 0.296. The van der Waals surface area contributed by atoms with E-state index in [2.05, 4.69) is 17.0 Å². The zero-order valence-corrected chi connectivity index (χ0v) is 20.0. The molecule has 2 aliphatic heterocycles. The summed E-state index contributed by atoms with van der Waals surface area (Å²) >= 11 is 1.33. The van der Waals surface area contributed by atoms with Crippen LogP contribution in [0.25, 0.3) is 6.08 Å². The number of carbonyl (C=O) groups is 1. The molecule has 0 unspecified atom stereocenters. The number of amidine groups is 2. The number of unbranched alkanes of at least 4 members (excludes halogenated alkanes) is 1. The lowest BCUT2D eigenvalue weighted by Crippen LogP contribution is -2.35. The molecule has 0 aromatic heterocycles. The minimum Gasteiger partial charge on any atom is -0.493 e. The van der Waals surface area contributed by atoms with Gasteiger partial charge in [0.05, 0.1) is 17.6 Å². The topological polar surface area (TPSA) is 130 Å². The lowest BCUT2D eigenvalue weighted by atomic mass is 10.1. The SMILES string of the molecule is CCCCC1=NN2C(=N)/C(=C/c3ccc(OCc4ccc([N+](=O)[O-])cc4)c(OC)c3)C(=O)N=C2S1. The van der Waals surface area contributed by atoms with Gasteiger partial charge in [-0.25, -0.2) is 0 Å². The molecule has 4 rings (SSSR count). The molecule has 0 aliphatic carbocycles. The number of nitrogens with zero attached hydrogens (tertiary/aromatic N) is 4. The second kappa shape index (κ2) is 10.5. The van der Waals surface area contributed by atoms with Gasteiger partial charge in [0.15, 0.2) is 17.3 Å². The van der Waals surface area contributed by atoms with E-state index in [1.165, 1.54) is 36.0 Å². The van der Waals surface area contributed by atoms with Gasteiger partial charge in [-0.2, -0.15) is 15.1 Å². The van der Waals surface area contributed by atoms with Crippen LogP contribution in [0, 0.1) is 15.5 Å². The number of methoxy groups -OCH3 is 1. The van der Waals surface area contributed by atoms with E-state index in [-0.39, 0.29) is 23.7 Å². The van der Waals surface area contributed by atoms with Gasteiger partial charge in [-0.05, 0) is 66.1 Å². The molecule has 0 saturated carbocycles. The summed E-state index contributed by atoms with van der Waals surface area (Å²) in [7, 11) is 1.50. The Hall–Kier alpha value is -3.99. The molecule has 2 aliphatic rings. The summed E-state index contributed by atoms with van der Waals surface area (Å²) in [4.78, 5) is 27.1. The zero-order valence-electron chi connectivity index (χ0n) is 19.2. The number of nitro groups is 1. The van der Waals surface area contributed by atoms with E-state index in [9.17, 15) is 14.9 Å². The van der Waals surface area contributed by atoms with Crippen molar-refractivity contribution in [2.24, 2.45) is 10.1 Å². The van der Waals surface area contributed by atoms with Crippen molar-refractivity contribution in [2.45, 2.75) is 32.8 Å². The monoisotopic (exact) mass is 493 g/mol. The second-order valence-electron chi connectivity index (χ2n) is 7.74. The van der Waals surface area contributed by atoms with Crippen molar-refractivity contribution in [3.05, 3.63) is 69.3 Å². The number of carbonyl (C=O) groups excluding carboxylic acids is 1. The number of hydrogen-bond acceptors (Lipinski definition) is 8. The molecule has 0 radical (unpaired) electrons. The lowest BCUT2D eigenvalue weighted by Gasteiger charge is -2.20. The van der Waals surface area contributed by atoms with E-state index in [0.29, 0.717) is 22.2 Å². The number of amides is 1. The Kier molecular flexibility index (Phi) is 7.25. The van der Waals surface area contributed by atoms with Crippen LogP contribution in [0.2, 0.25) is 0 Å². The highest BCUT2D eigenvalue weighted by atomic mass is 32.2. The lowest BCUT2D eigenvalue weighted by molar-refractivity contribution is -0.384. The van der Waals surface area contributed by atoms with Gasteiger partial charge in [0.25, 0.3) is 11.6 Å². The Labute approximate surface area is 206 Å². The van der Waals surface area contributed by atoms with Gasteiger partial charge in [0.2, 0.25) is 5.17 Å². The number of nitrogens with one attached hydrogen (secondary N) is 1. The highest BCUT2D eigenvalue weighted by Gasteiger charge is 2.35. The van der Waals surface area contributed by atoms with E-state index >= 15 is 0 Å². The minimum absolute atomic E-state index is 0.0124. The van der Waals surface area contributed by atoms with Crippen LogP contribution < -0.4 is 9.47 Å². The Morgan fingerprint density at radius 2 is 1.97 bits per heavy atom. The molecule has 1 amide bonds. The van der Waals surface area contributed by atoms with E-state index in [0.717, 1.165) is 29.9 Å². The van der Waals surface area contributed by atoms with E-state index in [4.69, 9.17) is 14.9 Å². The average molecular weight is 494 g/mol. The molecule has 0 fully saturated rings. The van der Waals surface area contributed by atoms with Crippen molar-refractivity contribution >= 4 is 45.5 Å². The van der Waals surface area contributed by atoms with Crippen LogP contribution in [0.4, 0.5) is 5.69 Å². The van der Waals surface area contributed by atoms with Gasteiger partial charge in [-0.3, -0.25) is 20.3 Å². The van der Waals surface area contributed by atoms with E-state index in [1.54, 1.807) is 36.4 Å². The number of benzene rings is 2. The first-order valence-corrected chi connectivity index (χ1v) is 11.7. The van der Waals surface area contributed by atoms with Crippen LogP contribution in [0.5, 0.6) is 11.5 Å². The van der Waals surface area contributed by atoms with Gasteiger partial charge in [-0.1, -0.05) is 19.4 Å². The Balaban J connectivity index is 1.50. The highest BCUT2D eigenvalue weighted by molar-refractivity contribution is 8.26. The molecule has 35 heavy (non-hydrogen) atoms. The van der Waals surface area contributed by atoms with Gasteiger partial charge >= 0.3 is 0 Å². The van der Waals surface area contributed by atoms with E-state index < -0.39 is 10.8 Å². The predicted molar refractivity (Wildman–Crippen MR) is 135 cm³/mol. The fourth-order valence-corrected chi connectivity index (χ4v) is 4.32. The third-order valence-electron chi connectivity index (χ3n) is 5.28. The van der Waals surface area contributed by atoms with Crippen LogP contribution in [0.1, 0.15) is 37.3 Å². The summed E-state index contributed by atoms with van der Waals surface area (Å²) in [5.74, 6) is 0.408. The average Bonchev–Trinajstić information content (AvgIpc) is 3.27. The molecule has 180 valence electrons. The summed E-state index contributed by atoms with van der Waals surface area (Å²) in [6.45, 7) is 2.29. The molecular weight excluding hydrogens is 470 g/mol. The number of aliphatic imine (C=N–C) groups is 1. The molecule has 0 atom stereocenters. The first kappa shape index (κ1) is 24.1. The predicted octanol–water partition coefficient (Wildman–Crippen LogP) is 4.99. The molecule has 0 bridgehead atoms. The second-order valence-corrected chi connectivity index (χ2v) is 8.78. The standard InChI is InChI=1S/C24H23N5O5S/c1-3-4-5-21-27-28-22(25)18(23(30)26-24(28)35-21)12-16-8-11-19(20(13-16)33-2)34-14-15-6-9-17(10-7-15)29(31)32/h6-13,25H,3-5,14H2,1-2H3/b18-12-,25-22?. The molecule has 11 heteroatoms. The summed E-state index contributed by atoms with van der Waals surface area (Å²) in [5, 5.41) is 26.4. The summed E-state index contributed by atoms with van der Waals surface area (Å²) in [6.07, 6.45) is 4.38. The fourth-order valence-electron chi connectivity index (χ4n) is 3.40. The number of hydrogen-bond donors (Lipinski definition) is 1. The van der Waals surface area contributed by atoms with Gasteiger partial charge in [0, 0.05) is 12.1 Å². The third kappa shape index (κ3) is 5.40. The van der Waals surface area contributed by atoms with Crippen molar-refractivity contribution in [2.75, 3.05) is 7.11 Å². The van der Waals surface area contributed by atoms with Crippen molar-refractivity contribution in [1.29, 1.82) is 5.41 Å². The van der Waals surface area contributed by atoms with Gasteiger partial charge in [-0.15, -0.1) is 0 Å². The Bertz CT molecular complexity index is 1270. The summed E-state index contributed by atoms with van der Waals surface area (Å²) < 4.78 is 11.3. The maximum atomic E-state index is 12.6. The van der Waals surface area contributed by atoms with Crippen LogP contribution in [-0.4, -0.2) is 39.0 Å². The van der Waals surface area contributed by atoms with Crippen LogP contribution in [0.3, 0.4) is 0 Å². The minimum atomic E-state index is -0.488. The van der Waals surface area contributed by atoms with Crippen molar-refractivity contribution < 1.29 is 19.2 Å². The number of rotatable bonds is 9. The molecule has 10 nitrogen and oxygen atoms in total. The van der Waals surface area contributed by atoms with Crippen LogP contribution in [0.15, 0.2) is 58.1 Å². The molecular formula is C24H23N5O5S. The van der Waals surface area contributed by atoms with Gasteiger partial charge in [0.1, 0.15) is 11.7 Å². The van der Waals surface area contributed by atoms with E-state index in [1.807, 2.05) is 0 Å². The highest BCUT2D eigenvalue weighted by Crippen LogP contribution is 2.32. The Morgan fingerprint density at radius 1 is 1.20 bits per heavy atom. The number of non-ortho nitro benzene ring substituents is 1. The molecule has 2 heterocycles. The fraction of sp³-hybridized carbons (Fsp3) is 0.250. The number of ether oxygens (including phenoxy) is 2. The number of hydrazone groups is 1. The molecule has 0 spiro atoms. The van der Waals surface area contributed by atoms with Crippen molar-refractivity contribution in [3.63, 3.8) is 0 Å². The van der Waals surface area contributed by atoms with Crippen LogP contribution >= 0.6 is 11.8 Å². The third-order valence-corrected chi connectivity index (χ3v) is 6.25. The first-order chi connectivity index (χ1) is 16.9. The van der Waals surface area contributed by atoms with Crippen molar-refractivity contribution in [1.82, 2.24) is 5.01 Å². The molecule has 2 aromatic carbocycles. The van der Waals surface area contributed by atoms with Gasteiger partial charge < -0.3 is 9.47 Å². The zero-order chi connectivity index (χ0) is 24.9. The smallest absolute Gasteiger partial charge is 0.283 e. The van der Waals surface area contributed by atoms with Crippen LogP contribution in [-0.2, 0) is 11.4 Å². The van der Waals surface area contributed by atoms with Crippen molar-refractivity contribution in [3.8, 4) is 11.5 Å². The summed E-state index contributed by atoms with van der Waals surface area (Å²) in [5.41, 5.74) is 1.55. The molecule has 2 aromatic rings. The normalized spacial score (nSPS) is 16.2. The number of thioether (sulfide) groups is 1. The first-order valence-electron chi connectivity index (χ1n) is 10.9. The molecule has 1 N–H and O–H groups in total. The Morgan fingerprint density at radius 3 is 2.66 bits per heavy atom.